The molecule has 0 aliphatic carbocycles. The van der Waals surface area contributed by atoms with E-state index in [1.54, 1.807) is 7.11 Å². The second-order valence-electron chi connectivity index (χ2n) is 5.59. The van der Waals surface area contributed by atoms with Gasteiger partial charge in [0.15, 0.2) is 5.96 Å². The van der Waals surface area contributed by atoms with Crippen LogP contribution in [-0.4, -0.2) is 36.4 Å². The van der Waals surface area contributed by atoms with E-state index < -0.39 is 0 Å². The highest BCUT2D eigenvalue weighted by atomic mass is 127. The maximum Gasteiger partial charge on any atom is 0.191 e. The molecule has 0 atom stereocenters. The molecule has 138 valence electrons. The van der Waals surface area contributed by atoms with Crippen molar-refractivity contribution in [2.45, 2.75) is 33.2 Å². The average molecular weight is 457 g/mol. The van der Waals surface area contributed by atoms with Crippen molar-refractivity contribution in [2.24, 2.45) is 4.99 Å². The number of aryl methyl sites for hydroxylation is 2. The van der Waals surface area contributed by atoms with E-state index in [1.165, 1.54) is 5.56 Å². The number of hydrogen-bond donors (Lipinski definition) is 3. The smallest absolute Gasteiger partial charge is 0.191 e. The predicted molar refractivity (Wildman–Crippen MR) is 113 cm³/mol. The van der Waals surface area contributed by atoms with Gasteiger partial charge in [0.25, 0.3) is 0 Å². The minimum Gasteiger partial charge on any atom is -0.497 e. The van der Waals surface area contributed by atoms with Gasteiger partial charge < -0.3 is 15.4 Å². The Bertz CT molecular complexity index is 639. The maximum absolute atomic E-state index is 5.17. The minimum absolute atomic E-state index is 0. The first-order valence-corrected chi connectivity index (χ1v) is 8.37. The van der Waals surface area contributed by atoms with E-state index in [-0.39, 0.29) is 24.0 Å². The highest BCUT2D eigenvalue weighted by molar-refractivity contribution is 14.0. The number of benzene rings is 1. The van der Waals surface area contributed by atoms with Crippen molar-refractivity contribution in [3.63, 3.8) is 0 Å². The predicted octanol–water partition coefficient (Wildman–Crippen LogP) is 3.03. The summed E-state index contributed by atoms with van der Waals surface area (Å²) in [6.45, 7) is 6.48. The Morgan fingerprint density at radius 3 is 2.60 bits per heavy atom. The lowest BCUT2D eigenvalue weighted by molar-refractivity contribution is 0.414. The van der Waals surface area contributed by atoms with Crippen molar-refractivity contribution >= 4 is 29.9 Å². The number of aromatic nitrogens is 2. The summed E-state index contributed by atoms with van der Waals surface area (Å²) in [5.74, 6) is 1.71. The van der Waals surface area contributed by atoms with Crippen LogP contribution in [0, 0.1) is 6.92 Å². The molecule has 0 amide bonds. The lowest BCUT2D eigenvalue weighted by Gasteiger charge is -2.11. The minimum atomic E-state index is 0. The number of aliphatic imine (C=N–C) groups is 1. The van der Waals surface area contributed by atoms with E-state index in [9.17, 15) is 0 Å². The third kappa shape index (κ3) is 7.33. The van der Waals surface area contributed by atoms with Gasteiger partial charge >= 0.3 is 0 Å². The molecule has 0 aliphatic heterocycles. The van der Waals surface area contributed by atoms with Crippen LogP contribution >= 0.6 is 24.0 Å². The number of halogens is 1. The fraction of sp³-hybridized carbons (Fsp3) is 0.444. The number of H-pyrrole nitrogens is 1. The van der Waals surface area contributed by atoms with Gasteiger partial charge in [-0.25, -0.2) is 4.99 Å². The van der Waals surface area contributed by atoms with Crippen molar-refractivity contribution in [1.82, 2.24) is 20.8 Å². The molecule has 0 radical (unpaired) electrons. The van der Waals surface area contributed by atoms with Gasteiger partial charge in [0.1, 0.15) is 5.75 Å². The van der Waals surface area contributed by atoms with Crippen LogP contribution in [0.2, 0.25) is 0 Å². The van der Waals surface area contributed by atoms with Gasteiger partial charge in [-0.05, 0) is 49.9 Å². The first-order chi connectivity index (χ1) is 11.7. The molecule has 0 unspecified atom stereocenters. The maximum atomic E-state index is 5.17. The Kier molecular flexibility index (Phi) is 9.98. The highest BCUT2D eigenvalue weighted by Gasteiger charge is 2.01. The van der Waals surface area contributed by atoms with Crippen LogP contribution in [0.3, 0.4) is 0 Å². The van der Waals surface area contributed by atoms with Crippen LogP contribution < -0.4 is 15.4 Å². The number of rotatable bonds is 8. The van der Waals surface area contributed by atoms with Crippen LogP contribution in [0.4, 0.5) is 0 Å². The van der Waals surface area contributed by atoms with Crippen molar-refractivity contribution in [3.8, 4) is 5.75 Å². The van der Waals surface area contributed by atoms with Crippen LogP contribution in [0.25, 0.3) is 0 Å². The Morgan fingerprint density at radius 1 is 1.24 bits per heavy atom. The van der Waals surface area contributed by atoms with Crippen LogP contribution in [0.1, 0.15) is 30.2 Å². The molecule has 0 saturated carbocycles. The fourth-order valence-corrected chi connectivity index (χ4v) is 2.36. The number of ether oxygens (including phenoxy) is 1. The number of aromatic amines is 1. The molecule has 7 heteroatoms. The van der Waals surface area contributed by atoms with E-state index in [2.05, 4.69) is 39.7 Å². The quantitative estimate of drug-likeness (QED) is 0.247. The first-order valence-electron chi connectivity index (χ1n) is 8.37. The van der Waals surface area contributed by atoms with Gasteiger partial charge in [-0.1, -0.05) is 12.1 Å². The molecule has 25 heavy (non-hydrogen) atoms. The van der Waals surface area contributed by atoms with Crippen LogP contribution in [0.5, 0.6) is 5.75 Å². The molecule has 0 saturated heterocycles. The van der Waals surface area contributed by atoms with E-state index in [0.717, 1.165) is 48.9 Å². The summed E-state index contributed by atoms with van der Waals surface area (Å²) in [5, 5.41) is 13.7. The van der Waals surface area contributed by atoms with Crippen molar-refractivity contribution in [3.05, 3.63) is 47.3 Å². The van der Waals surface area contributed by atoms with Gasteiger partial charge in [0.2, 0.25) is 0 Å². The molecule has 1 heterocycles. The molecular weight excluding hydrogens is 429 g/mol. The zero-order valence-corrected chi connectivity index (χ0v) is 17.5. The van der Waals surface area contributed by atoms with E-state index in [4.69, 9.17) is 4.74 Å². The Labute approximate surface area is 166 Å². The summed E-state index contributed by atoms with van der Waals surface area (Å²) in [4.78, 5) is 4.63. The standard InChI is InChI=1S/C18H27N5O.HI/c1-4-19-18(20-11-5-6-16-13-22-23-14(16)2)21-12-15-7-9-17(24-3)10-8-15;/h7-10,13H,4-6,11-12H2,1-3H3,(H,22,23)(H2,19,20,21);1H. The van der Waals surface area contributed by atoms with Gasteiger partial charge in [0.05, 0.1) is 19.9 Å². The summed E-state index contributed by atoms with van der Waals surface area (Å²) in [6.07, 6.45) is 3.94. The summed E-state index contributed by atoms with van der Waals surface area (Å²) in [6, 6.07) is 7.98. The molecule has 3 N–H and O–H groups in total. The molecule has 6 nitrogen and oxygen atoms in total. The van der Waals surface area contributed by atoms with Crippen LogP contribution in [-0.2, 0) is 13.0 Å². The lowest BCUT2D eigenvalue weighted by Crippen LogP contribution is -2.37. The molecule has 0 spiro atoms. The number of nitrogens with zero attached hydrogens (tertiary/aromatic N) is 2. The third-order valence-corrected chi connectivity index (χ3v) is 3.77. The Hall–Kier alpha value is -1.77. The summed E-state index contributed by atoms with van der Waals surface area (Å²) < 4.78 is 5.17. The Balaban J connectivity index is 0.00000312. The zero-order valence-electron chi connectivity index (χ0n) is 15.1. The molecule has 0 fully saturated rings. The van der Waals surface area contributed by atoms with Crippen LogP contribution in [0.15, 0.2) is 35.5 Å². The largest absolute Gasteiger partial charge is 0.497 e. The SMILES string of the molecule is CCNC(=NCc1ccc(OC)cc1)NCCCc1cn[nH]c1C.I. The lowest BCUT2D eigenvalue weighted by atomic mass is 10.1. The van der Waals surface area contributed by atoms with Crippen molar-refractivity contribution in [2.75, 3.05) is 20.2 Å². The second kappa shape index (κ2) is 11.7. The fourth-order valence-electron chi connectivity index (χ4n) is 2.36. The summed E-state index contributed by atoms with van der Waals surface area (Å²) >= 11 is 0. The van der Waals surface area contributed by atoms with Gasteiger partial charge in [-0.3, -0.25) is 5.10 Å². The average Bonchev–Trinajstić information content (AvgIpc) is 3.02. The third-order valence-electron chi connectivity index (χ3n) is 3.77. The van der Waals surface area contributed by atoms with Crippen molar-refractivity contribution < 1.29 is 4.74 Å². The molecular formula is C18H28IN5O. The van der Waals surface area contributed by atoms with Crippen molar-refractivity contribution in [1.29, 1.82) is 0 Å². The summed E-state index contributed by atoms with van der Waals surface area (Å²) in [7, 11) is 1.67. The molecule has 2 rings (SSSR count). The highest BCUT2D eigenvalue weighted by Crippen LogP contribution is 2.11. The van der Waals surface area contributed by atoms with Gasteiger partial charge in [-0.15, -0.1) is 24.0 Å². The summed E-state index contributed by atoms with van der Waals surface area (Å²) in [5.41, 5.74) is 3.58. The number of methoxy groups -OCH3 is 1. The zero-order chi connectivity index (χ0) is 17.2. The van der Waals surface area contributed by atoms with E-state index in [0.29, 0.717) is 6.54 Å². The van der Waals surface area contributed by atoms with E-state index >= 15 is 0 Å². The van der Waals surface area contributed by atoms with E-state index in [1.807, 2.05) is 30.5 Å². The Morgan fingerprint density at radius 2 is 2.00 bits per heavy atom. The number of guanidine groups is 1. The number of nitrogens with one attached hydrogen (secondary N) is 3. The topological polar surface area (TPSA) is 74.3 Å². The second-order valence-corrected chi connectivity index (χ2v) is 5.59. The van der Waals surface area contributed by atoms with Gasteiger partial charge in [0, 0.05) is 18.8 Å². The normalized spacial score (nSPS) is 10.9. The molecule has 1 aromatic carbocycles. The number of hydrogen-bond acceptors (Lipinski definition) is 3. The molecule has 1 aromatic heterocycles. The molecule has 0 aliphatic rings. The van der Waals surface area contributed by atoms with Gasteiger partial charge in [-0.2, -0.15) is 5.10 Å². The molecule has 0 bridgehead atoms. The molecule has 2 aromatic rings. The monoisotopic (exact) mass is 457 g/mol. The first kappa shape index (κ1) is 21.3.